The Kier molecular flexibility index (Phi) is 13.4. The maximum atomic E-state index is 12.5. The quantitative estimate of drug-likeness (QED) is 0.0930. The lowest BCUT2D eigenvalue weighted by atomic mass is 9.78. The number of carbonyl (C=O) groups is 1. The molecule has 2 aromatic carbocycles. The lowest BCUT2D eigenvalue weighted by Crippen LogP contribution is -2.15. The van der Waals surface area contributed by atoms with Crippen molar-refractivity contribution in [1.82, 2.24) is 0 Å². The molecule has 37 heavy (non-hydrogen) atoms. The molecule has 0 saturated heterocycles. The Hall–Kier alpha value is -2.55. The van der Waals surface area contributed by atoms with Crippen LogP contribution in [-0.4, -0.2) is 12.6 Å². The SMILES string of the molecule is C=CCCCCOc1ccc(C(=O)Oc2ccc(CC[C@H]3CC[C@H](CCCCCCC)CC3)cc2)cc1. The van der Waals surface area contributed by atoms with Crippen molar-refractivity contribution in [2.24, 2.45) is 11.8 Å². The fraction of sp³-hybridized carbons (Fsp3) is 0.559. The topological polar surface area (TPSA) is 35.5 Å². The van der Waals surface area contributed by atoms with Gasteiger partial charge in [-0.05, 0) is 85.9 Å². The van der Waals surface area contributed by atoms with Gasteiger partial charge < -0.3 is 9.47 Å². The molecule has 0 amide bonds. The van der Waals surface area contributed by atoms with Crippen molar-refractivity contribution in [2.75, 3.05) is 6.61 Å². The third-order valence-electron chi connectivity index (χ3n) is 7.82. The highest BCUT2D eigenvalue weighted by Crippen LogP contribution is 2.34. The Morgan fingerprint density at radius 2 is 1.46 bits per heavy atom. The number of hydrogen-bond donors (Lipinski definition) is 0. The van der Waals surface area contributed by atoms with Crippen molar-refractivity contribution < 1.29 is 14.3 Å². The summed E-state index contributed by atoms with van der Waals surface area (Å²) < 4.78 is 11.3. The summed E-state index contributed by atoms with van der Waals surface area (Å²) in [6.45, 7) is 6.69. The van der Waals surface area contributed by atoms with Gasteiger partial charge in [0.15, 0.2) is 0 Å². The summed E-state index contributed by atoms with van der Waals surface area (Å²) in [5.74, 6) is 2.87. The molecule has 0 bridgehead atoms. The summed E-state index contributed by atoms with van der Waals surface area (Å²) in [5.41, 5.74) is 1.85. The molecule has 0 atom stereocenters. The highest BCUT2D eigenvalue weighted by molar-refractivity contribution is 5.91. The van der Waals surface area contributed by atoms with Crippen molar-refractivity contribution in [1.29, 1.82) is 0 Å². The number of aryl methyl sites for hydroxylation is 1. The van der Waals surface area contributed by atoms with Crippen LogP contribution in [0, 0.1) is 11.8 Å². The summed E-state index contributed by atoms with van der Waals surface area (Å²) >= 11 is 0. The lowest BCUT2D eigenvalue weighted by Gasteiger charge is -2.28. The molecule has 3 heteroatoms. The molecule has 1 aliphatic carbocycles. The Bertz CT molecular complexity index is 892. The minimum absolute atomic E-state index is 0.340. The molecule has 1 fully saturated rings. The predicted molar refractivity (Wildman–Crippen MR) is 155 cm³/mol. The van der Waals surface area contributed by atoms with Gasteiger partial charge in [-0.15, -0.1) is 6.58 Å². The normalized spacial score (nSPS) is 17.3. The van der Waals surface area contributed by atoms with Gasteiger partial charge in [-0.1, -0.05) is 89.3 Å². The van der Waals surface area contributed by atoms with Gasteiger partial charge in [0.25, 0.3) is 0 Å². The Morgan fingerprint density at radius 1 is 0.811 bits per heavy atom. The number of benzene rings is 2. The Balaban J connectivity index is 1.32. The molecule has 0 spiro atoms. The first-order chi connectivity index (χ1) is 18.2. The zero-order chi connectivity index (χ0) is 26.1. The van der Waals surface area contributed by atoms with Crippen molar-refractivity contribution in [3.63, 3.8) is 0 Å². The molecule has 3 rings (SSSR count). The molecule has 0 heterocycles. The molecule has 0 aromatic heterocycles. The molecule has 3 nitrogen and oxygen atoms in total. The van der Waals surface area contributed by atoms with E-state index in [1.165, 1.54) is 76.2 Å². The summed E-state index contributed by atoms with van der Waals surface area (Å²) in [6.07, 6.45) is 21.5. The average molecular weight is 505 g/mol. The van der Waals surface area contributed by atoms with E-state index in [0.29, 0.717) is 17.9 Å². The standard InChI is InChI=1S/C34H48O3/c1-3-5-7-9-10-12-28-13-15-29(16-14-28)17-18-30-19-23-33(24-20-30)37-34(35)31-21-25-32(26-22-31)36-27-11-8-6-4-2/h4,19-26,28-29H,2-3,5-18,27H2,1H3/t28-,29-. The lowest BCUT2D eigenvalue weighted by molar-refractivity contribution is 0.0734. The van der Waals surface area contributed by atoms with Gasteiger partial charge in [0.05, 0.1) is 12.2 Å². The summed E-state index contributed by atoms with van der Waals surface area (Å²) in [4.78, 5) is 12.5. The molecule has 0 aliphatic heterocycles. The third kappa shape index (κ3) is 11.2. The minimum atomic E-state index is -0.340. The first-order valence-electron chi connectivity index (χ1n) is 14.8. The van der Waals surface area contributed by atoms with Crippen LogP contribution in [0.15, 0.2) is 61.2 Å². The maximum absolute atomic E-state index is 12.5. The number of carbonyl (C=O) groups excluding carboxylic acids is 1. The third-order valence-corrected chi connectivity index (χ3v) is 7.82. The van der Waals surface area contributed by atoms with Crippen LogP contribution in [0.2, 0.25) is 0 Å². The van der Waals surface area contributed by atoms with E-state index < -0.39 is 0 Å². The van der Waals surface area contributed by atoms with E-state index >= 15 is 0 Å². The van der Waals surface area contributed by atoms with Crippen molar-refractivity contribution >= 4 is 5.97 Å². The largest absolute Gasteiger partial charge is 0.494 e. The van der Waals surface area contributed by atoms with Gasteiger partial charge in [-0.25, -0.2) is 4.79 Å². The smallest absolute Gasteiger partial charge is 0.343 e. The molecule has 0 radical (unpaired) electrons. The molecule has 202 valence electrons. The van der Waals surface area contributed by atoms with E-state index in [9.17, 15) is 4.79 Å². The number of rotatable bonds is 17. The molecule has 1 saturated carbocycles. The van der Waals surface area contributed by atoms with Crippen molar-refractivity contribution in [3.05, 3.63) is 72.3 Å². The van der Waals surface area contributed by atoms with Crippen LogP contribution in [0.4, 0.5) is 0 Å². The second-order valence-corrected chi connectivity index (χ2v) is 10.8. The van der Waals surface area contributed by atoms with Crippen LogP contribution in [-0.2, 0) is 6.42 Å². The zero-order valence-electron chi connectivity index (χ0n) is 23.1. The fourth-order valence-electron chi connectivity index (χ4n) is 5.37. The van der Waals surface area contributed by atoms with E-state index in [4.69, 9.17) is 9.47 Å². The first kappa shape index (κ1) is 29.0. The molecule has 0 unspecified atom stereocenters. The number of unbranched alkanes of at least 4 members (excludes halogenated alkanes) is 6. The molecule has 0 N–H and O–H groups in total. The maximum Gasteiger partial charge on any atom is 0.343 e. The second kappa shape index (κ2) is 17.1. The van der Waals surface area contributed by atoms with Crippen molar-refractivity contribution in [3.8, 4) is 11.5 Å². The van der Waals surface area contributed by atoms with Gasteiger partial charge in [-0.3, -0.25) is 0 Å². The molecular weight excluding hydrogens is 456 g/mol. The number of esters is 1. The van der Waals surface area contributed by atoms with Crippen LogP contribution < -0.4 is 9.47 Å². The number of ether oxygens (including phenoxy) is 2. The van der Waals surface area contributed by atoms with Crippen LogP contribution in [0.25, 0.3) is 0 Å². The van der Waals surface area contributed by atoms with Gasteiger partial charge in [0.2, 0.25) is 0 Å². The summed E-state index contributed by atoms with van der Waals surface area (Å²) in [7, 11) is 0. The van der Waals surface area contributed by atoms with Gasteiger partial charge in [-0.2, -0.15) is 0 Å². The fourth-order valence-corrected chi connectivity index (χ4v) is 5.37. The van der Waals surface area contributed by atoms with E-state index in [2.05, 4.69) is 25.6 Å². The van der Waals surface area contributed by atoms with Crippen LogP contribution in [0.1, 0.15) is 113 Å². The van der Waals surface area contributed by atoms with Crippen LogP contribution in [0.5, 0.6) is 11.5 Å². The van der Waals surface area contributed by atoms with Gasteiger partial charge in [0, 0.05) is 0 Å². The van der Waals surface area contributed by atoms with E-state index in [1.54, 1.807) is 12.1 Å². The van der Waals surface area contributed by atoms with Crippen LogP contribution in [0.3, 0.4) is 0 Å². The molecule has 2 aromatic rings. The van der Waals surface area contributed by atoms with E-state index in [-0.39, 0.29) is 5.97 Å². The monoisotopic (exact) mass is 504 g/mol. The minimum Gasteiger partial charge on any atom is -0.494 e. The van der Waals surface area contributed by atoms with E-state index in [0.717, 1.165) is 43.3 Å². The highest BCUT2D eigenvalue weighted by atomic mass is 16.5. The zero-order valence-corrected chi connectivity index (χ0v) is 23.1. The molecular formula is C34H48O3. The second-order valence-electron chi connectivity index (χ2n) is 10.8. The van der Waals surface area contributed by atoms with Gasteiger partial charge in [0.1, 0.15) is 11.5 Å². The first-order valence-corrected chi connectivity index (χ1v) is 14.8. The number of allylic oxidation sites excluding steroid dienone is 1. The average Bonchev–Trinajstić information content (AvgIpc) is 2.93. The van der Waals surface area contributed by atoms with Crippen LogP contribution >= 0.6 is 0 Å². The molecule has 1 aliphatic rings. The summed E-state index contributed by atoms with van der Waals surface area (Å²) in [6, 6.07) is 15.2. The predicted octanol–water partition coefficient (Wildman–Crippen LogP) is 9.74. The van der Waals surface area contributed by atoms with Crippen molar-refractivity contribution in [2.45, 2.75) is 103 Å². The van der Waals surface area contributed by atoms with Gasteiger partial charge >= 0.3 is 5.97 Å². The van der Waals surface area contributed by atoms with E-state index in [1.807, 2.05) is 30.3 Å². The Morgan fingerprint density at radius 3 is 2.14 bits per heavy atom. The number of hydrogen-bond acceptors (Lipinski definition) is 3. The highest BCUT2D eigenvalue weighted by Gasteiger charge is 2.20. The Labute approximate surface area is 225 Å². The summed E-state index contributed by atoms with van der Waals surface area (Å²) in [5, 5.41) is 0.